The van der Waals surface area contributed by atoms with Crippen molar-refractivity contribution in [2.45, 2.75) is 6.42 Å². The summed E-state index contributed by atoms with van der Waals surface area (Å²) in [5, 5.41) is 19.4. The van der Waals surface area contributed by atoms with Gasteiger partial charge in [0.15, 0.2) is 0 Å². The molecule has 60 valence electrons. The van der Waals surface area contributed by atoms with Gasteiger partial charge in [0.2, 0.25) is 0 Å². The van der Waals surface area contributed by atoms with E-state index in [1.54, 1.807) is 0 Å². The first kappa shape index (κ1) is 13.9. The van der Waals surface area contributed by atoms with Crippen LogP contribution in [0, 0.1) is 0 Å². The average Bonchev–Trinajstić information content (AvgIpc) is 1.85. The van der Waals surface area contributed by atoms with Gasteiger partial charge < -0.3 is 15.0 Å². The Bertz CT molecular complexity index is 112. The van der Waals surface area contributed by atoms with Gasteiger partial charge in [0.05, 0.1) is 6.61 Å². The zero-order valence-electron chi connectivity index (χ0n) is 6.62. The minimum atomic E-state index is -1.13. The Labute approximate surface area is 87.4 Å². The van der Waals surface area contributed by atoms with Crippen molar-refractivity contribution >= 4 is 5.97 Å². The molecule has 0 amide bonds. The molecule has 0 rings (SSSR count). The van der Waals surface area contributed by atoms with Crippen molar-refractivity contribution in [2.24, 2.45) is 5.84 Å². The Hall–Kier alpha value is 0.350. The maximum Gasteiger partial charge on any atom is 1.00 e. The maximum absolute atomic E-state index is 9.85. The number of rotatable bonds is 5. The van der Waals surface area contributed by atoms with Gasteiger partial charge in [0.1, 0.15) is 0 Å². The third-order valence-corrected chi connectivity index (χ3v) is 0.990. The van der Waals surface area contributed by atoms with E-state index in [2.05, 4.69) is 0 Å². The second kappa shape index (κ2) is 8.45. The van der Waals surface area contributed by atoms with Gasteiger partial charge in [-0.05, 0) is 0 Å². The fourth-order valence-electron chi connectivity index (χ4n) is 0.475. The normalized spacial score (nSPS) is 9.36. The van der Waals surface area contributed by atoms with Gasteiger partial charge in [-0.3, -0.25) is 5.84 Å². The van der Waals surface area contributed by atoms with Gasteiger partial charge in [-0.15, -0.1) is 0 Å². The van der Waals surface area contributed by atoms with Gasteiger partial charge in [0, 0.05) is 25.5 Å². The van der Waals surface area contributed by atoms with Crippen molar-refractivity contribution in [3.05, 3.63) is 0 Å². The van der Waals surface area contributed by atoms with E-state index in [0.717, 1.165) is 0 Å². The average molecular weight is 170 g/mol. The summed E-state index contributed by atoms with van der Waals surface area (Å²) in [6, 6.07) is 0. The van der Waals surface area contributed by atoms with Crippen LogP contribution in [0.25, 0.3) is 0 Å². The Kier molecular flexibility index (Phi) is 10.7. The summed E-state index contributed by atoms with van der Waals surface area (Å²) < 4.78 is 0. The molecule has 0 aliphatic heterocycles. The zero-order valence-corrected chi connectivity index (χ0v) is 8.62. The number of nitrogens with two attached hydrogens (primary N) is 1. The molecule has 3 N–H and O–H groups in total. The molecule has 0 aliphatic carbocycles. The molecular weight excluding hydrogens is 159 g/mol. The number of carboxylic acid groups (broad SMARTS) is 1. The second-order valence-electron chi connectivity index (χ2n) is 1.88. The Morgan fingerprint density at radius 3 is 2.45 bits per heavy atom. The number of nitrogens with zero attached hydrogens (tertiary/aromatic N) is 1. The summed E-state index contributed by atoms with van der Waals surface area (Å²) in [5.41, 5.74) is 0. The predicted octanol–water partition coefficient (Wildman–Crippen LogP) is -5.70. The topological polar surface area (TPSA) is 89.6 Å². The van der Waals surface area contributed by atoms with Crippen LogP contribution >= 0.6 is 0 Å². The third kappa shape index (κ3) is 10.4. The van der Waals surface area contributed by atoms with Crippen molar-refractivity contribution in [3.63, 3.8) is 0 Å². The van der Waals surface area contributed by atoms with Crippen LogP contribution in [0.3, 0.4) is 0 Å². The summed E-state index contributed by atoms with van der Waals surface area (Å²) in [4.78, 5) is 9.85. The van der Waals surface area contributed by atoms with Gasteiger partial charge in [0.25, 0.3) is 0 Å². The zero-order chi connectivity index (χ0) is 7.98. The Balaban J connectivity index is 0. The first-order valence-corrected chi connectivity index (χ1v) is 2.97. The number of aliphatic carboxylic acids is 1. The molecule has 0 aromatic heterocycles. The standard InChI is InChI=1S/C5H12N2O3.Na/c6-7(3-4-8)2-1-5(9)10;/h8H,1-4,6H2,(H,9,10);/q;+1/p-1. The molecule has 0 aromatic carbocycles. The van der Waals surface area contributed by atoms with Crippen molar-refractivity contribution in [2.75, 3.05) is 19.7 Å². The Morgan fingerprint density at radius 2 is 2.09 bits per heavy atom. The van der Waals surface area contributed by atoms with Crippen LogP contribution in [0.15, 0.2) is 0 Å². The number of carbonyl (C=O) groups excluding carboxylic acids is 1. The molecule has 11 heavy (non-hydrogen) atoms. The third-order valence-electron chi connectivity index (χ3n) is 0.990. The molecule has 0 bridgehead atoms. The first-order valence-electron chi connectivity index (χ1n) is 2.97. The predicted molar refractivity (Wildman–Crippen MR) is 32.5 cm³/mol. The van der Waals surface area contributed by atoms with E-state index < -0.39 is 5.97 Å². The molecule has 0 saturated heterocycles. The van der Waals surface area contributed by atoms with E-state index in [1.807, 2.05) is 0 Å². The summed E-state index contributed by atoms with van der Waals surface area (Å²) in [5.74, 6) is 4.08. The minimum absolute atomic E-state index is 0. The maximum atomic E-state index is 9.85. The fourth-order valence-corrected chi connectivity index (χ4v) is 0.475. The molecule has 6 heteroatoms. The van der Waals surface area contributed by atoms with Crippen LogP contribution in [0.1, 0.15) is 6.42 Å². The van der Waals surface area contributed by atoms with E-state index in [1.165, 1.54) is 5.01 Å². The van der Waals surface area contributed by atoms with Crippen molar-refractivity contribution in [1.29, 1.82) is 0 Å². The number of hydrogen-bond acceptors (Lipinski definition) is 5. The number of aliphatic hydroxyl groups excluding tert-OH is 1. The molecule has 0 aromatic rings. The number of hydrazine groups is 1. The van der Waals surface area contributed by atoms with Gasteiger partial charge in [-0.2, -0.15) is 0 Å². The smallest absolute Gasteiger partial charge is 0.550 e. The van der Waals surface area contributed by atoms with E-state index in [0.29, 0.717) is 0 Å². The van der Waals surface area contributed by atoms with E-state index >= 15 is 0 Å². The van der Waals surface area contributed by atoms with Gasteiger partial charge in [-0.25, -0.2) is 5.01 Å². The summed E-state index contributed by atoms with van der Waals surface area (Å²) >= 11 is 0. The molecule has 0 spiro atoms. The molecule has 0 saturated carbocycles. The summed E-state index contributed by atoms with van der Waals surface area (Å²) in [6.45, 7) is 0.430. The van der Waals surface area contributed by atoms with Gasteiger partial charge in [-0.1, -0.05) is 0 Å². The molecule has 0 atom stereocenters. The van der Waals surface area contributed by atoms with Crippen LogP contribution in [-0.4, -0.2) is 35.8 Å². The number of carboxylic acids is 1. The quantitative estimate of drug-likeness (QED) is 0.244. The monoisotopic (exact) mass is 170 g/mol. The molecule has 5 nitrogen and oxygen atoms in total. The van der Waals surface area contributed by atoms with E-state index in [-0.39, 0.29) is 55.7 Å². The molecule has 0 unspecified atom stereocenters. The van der Waals surface area contributed by atoms with Crippen LogP contribution < -0.4 is 40.5 Å². The van der Waals surface area contributed by atoms with Crippen LogP contribution in [0.4, 0.5) is 0 Å². The Morgan fingerprint density at radius 1 is 1.55 bits per heavy atom. The summed E-state index contributed by atoms with van der Waals surface area (Å²) in [7, 11) is 0. The van der Waals surface area contributed by atoms with E-state index in [4.69, 9.17) is 10.9 Å². The summed E-state index contributed by atoms with van der Waals surface area (Å²) in [6.07, 6.45) is -0.101. The van der Waals surface area contributed by atoms with Crippen LogP contribution in [-0.2, 0) is 4.79 Å². The van der Waals surface area contributed by atoms with Crippen molar-refractivity contribution < 1.29 is 44.6 Å². The SMILES string of the molecule is NN(CCO)CCC(=O)[O-].[Na+]. The second-order valence-corrected chi connectivity index (χ2v) is 1.88. The number of carbonyl (C=O) groups is 1. The van der Waals surface area contributed by atoms with Crippen molar-refractivity contribution in [3.8, 4) is 0 Å². The molecule has 0 heterocycles. The van der Waals surface area contributed by atoms with Crippen LogP contribution in [0.5, 0.6) is 0 Å². The molecular formula is C5H11N2NaO3. The molecule has 0 radical (unpaired) electrons. The number of aliphatic hydroxyl groups is 1. The van der Waals surface area contributed by atoms with Gasteiger partial charge >= 0.3 is 29.6 Å². The molecule has 0 fully saturated rings. The van der Waals surface area contributed by atoms with Crippen LogP contribution in [0.2, 0.25) is 0 Å². The minimum Gasteiger partial charge on any atom is -0.550 e. The largest absolute Gasteiger partial charge is 1.00 e. The van der Waals surface area contributed by atoms with E-state index in [9.17, 15) is 9.90 Å². The number of hydrogen-bond donors (Lipinski definition) is 2. The molecule has 0 aliphatic rings. The van der Waals surface area contributed by atoms with Crippen molar-refractivity contribution in [1.82, 2.24) is 5.01 Å². The fraction of sp³-hybridized carbons (Fsp3) is 0.800. The first-order chi connectivity index (χ1) is 4.66.